The zero-order valence-electron chi connectivity index (χ0n) is 25.4. The van der Waals surface area contributed by atoms with Gasteiger partial charge in [-0.1, -0.05) is 116 Å². The third-order valence-electron chi connectivity index (χ3n) is 7.07. The van der Waals surface area contributed by atoms with E-state index < -0.39 is 0 Å². The molecule has 0 aliphatic rings. The summed E-state index contributed by atoms with van der Waals surface area (Å²) in [7, 11) is 1.60. The van der Waals surface area contributed by atoms with Crippen molar-refractivity contribution in [3.8, 4) is 5.69 Å². The molecule has 0 saturated carbocycles. The maximum absolute atomic E-state index is 13.2. The van der Waals surface area contributed by atoms with Crippen molar-refractivity contribution < 1.29 is 14.3 Å². The summed E-state index contributed by atoms with van der Waals surface area (Å²) in [5.41, 5.74) is 1.28. The number of hydrogen-bond donors (Lipinski definition) is 1. The van der Waals surface area contributed by atoms with Crippen molar-refractivity contribution in [1.82, 2.24) is 14.7 Å². The Hall–Kier alpha value is -2.38. The smallest absolute Gasteiger partial charge is 0.245 e. The summed E-state index contributed by atoms with van der Waals surface area (Å²) in [6, 6.07) is 9.26. The van der Waals surface area contributed by atoms with Crippen LogP contribution in [-0.2, 0) is 19.7 Å². The Morgan fingerprint density at radius 2 is 1.57 bits per heavy atom. The van der Waals surface area contributed by atoms with Gasteiger partial charge in [-0.25, -0.2) is 4.68 Å². The Morgan fingerprint density at radius 3 is 2.15 bits per heavy atom. The lowest BCUT2D eigenvalue weighted by Gasteiger charge is -2.22. The summed E-state index contributed by atoms with van der Waals surface area (Å²) < 4.78 is 6.87. The van der Waals surface area contributed by atoms with E-state index in [4.69, 9.17) is 21.4 Å². The Kier molecular flexibility index (Phi) is 15.3. The highest BCUT2D eigenvalue weighted by atomic mass is 35.5. The van der Waals surface area contributed by atoms with Gasteiger partial charge in [0.15, 0.2) is 0 Å². The van der Waals surface area contributed by atoms with E-state index in [0.717, 1.165) is 25.0 Å². The number of ether oxygens (including phenoxy) is 1. The molecule has 0 saturated heterocycles. The van der Waals surface area contributed by atoms with E-state index in [1.807, 2.05) is 24.3 Å². The normalized spacial score (nSPS) is 11.6. The van der Waals surface area contributed by atoms with Gasteiger partial charge < -0.3 is 15.0 Å². The number of aromatic nitrogens is 2. The molecule has 1 aromatic heterocycles. The Balaban J connectivity index is 1.91. The molecule has 8 heteroatoms. The molecule has 0 fully saturated rings. The van der Waals surface area contributed by atoms with Crippen LogP contribution in [0.5, 0.6) is 0 Å². The first kappa shape index (κ1) is 33.8. The zero-order valence-corrected chi connectivity index (χ0v) is 26.2. The maximum atomic E-state index is 13.2. The highest BCUT2D eigenvalue weighted by molar-refractivity contribution is 6.32. The predicted octanol–water partition coefficient (Wildman–Crippen LogP) is 7.94. The van der Waals surface area contributed by atoms with Gasteiger partial charge in [0, 0.05) is 31.6 Å². The van der Waals surface area contributed by atoms with Crippen LogP contribution in [-0.4, -0.2) is 53.3 Å². The van der Waals surface area contributed by atoms with Gasteiger partial charge in [-0.05, 0) is 18.6 Å². The molecule has 224 valence electrons. The molecule has 0 spiro atoms. The van der Waals surface area contributed by atoms with Gasteiger partial charge in [0.05, 0.1) is 29.6 Å². The molecule has 2 rings (SSSR count). The van der Waals surface area contributed by atoms with Crippen molar-refractivity contribution in [3.63, 3.8) is 0 Å². The molecular formula is C32H51ClN4O3. The van der Waals surface area contributed by atoms with E-state index in [2.05, 4.69) is 33.0 Å². The SMILES string of the molecule is CCCCCCCCCCCCCC(=O)N(CCOC)CC(=O)Nc1cc(C(C)(C)C)nn1-c1ccccc1Cl. The summed E-state index contributed by atoms with van der Waals surface area (Å²) in [6.07, 6.45) is 14.0. The van der Waals surface area contributed by atoms with Crippen molar-refractivity contribution in [2.75, 3.05) is 32.1 Å². The number of nitrogens with one attached hydrogen (secondary N) is 1. The molecule has 0 bridgehead atoms. The van der Waals surface area contributed by atoms with E-state index >= 15 is 0 Å². The number of carbonyl (C=O) groups is 2. The third-order valence-corrected chi connectivity index (χ3v) is 7.39. The number of rotatable bonds is 19. The van der Waals surface area contributed by atoms with Gasteiger partial charge in [0.2, 0.25) is 11.8 Å². The molecule has 1 aromatic carbocycles. The van der Waals surface area contributed by atoms with Gasteiger partial charge in [-0.3, -0.25) is 9.59 Å². The predicted molar refractivity (Wildman–Crippen MR) is 165 cm³/mol. The fourth-order valence-electron chi connectivity index (χ4n) is 4.59. The fourth-order valence-corrected chi connectivity index (χ4v) is 4.81. The monoisotopic (exact) mass is 574 g/mol. The molecule has 7 nitrogen and oxygen atoms in total. The summed E-state index contributed by atoms with van der Waals surface area (Å²) in [6.45, 7) is 9.16. The van der Waals surface area contributed by atoms with Crippen LogP contribution in [0.15, 0.2) is 30.3 Å². The number of amides is 2. The van der Waals surface area contributed by atoms with Crippen molar-refractivity contribution in [2.45, 2.75) is 110 Å². The van der Waals surface area contributed by atoms with Crippen LogP contribution in [0, 0.1) is 0 Å². The molecule has 2 aromatic rings. The zero-order chi connectivity index (χ0) is 29.4. The molecule has 2 amide bonds. The lowest BCUT2D eigenvalue weighted by molar-refractivity contribution is -0.135. The fraction of sp³-hybridized carbons (Fsp3) is 0.656. The van der Waals surface area contributed by atoms with Crippen molar-refractivity contribution in [1.29, 1.82) is 0 Å². The molecule has 1 heterocycles. The molecule has 0 aliphatic heterocycles. The lowest BCUT2D eigenvalue weighted by atomic mass is 9.92. The van der Waals surface area contributed by atoms with Crippen LogP contribution in [0.3, 0.4) is 0 Å². The van der Waals surface area contributed by atoms with Crippen molar-refractivity contribution >= 4 is 29.2 Å². The van der Waals surface area contributed by atoms with Crippen molar-refractivity contribution in [3.05, 3.63) is 41.0 Å². The summed E-state index contributed by atoms with van der Waals surface area (Å²) in [5.74, 6) is 0.225. The van der Waals surface area contributed by atoms with Crippen LogP contribution >= 0.6 is 11.6 Å². The number of benzene rings is 1. The lowest BCUT2D eigenvalue weighted by Crippen LogP contribution is -2.40. The van der Waals surface area contributed by atoms with Crippen LogP contribution in [0.2, 0.25) is 5.02 Å². The number of anilines is 1. The minimum atomic E-state index is -0.281. The van der Waals surface area contributed by atoms with E-state index in [-0.39, 0.29) is 23.8 Å². The first-order valence-electron chi connectivity index (χ1n) is 15.1. The standard InChI is InChI=1S/C32H51ClN4O3/c1-6-7-8-9-10-11-12-13-14-15-16-21-31(39)36(22-23-40-5)25-30(38)34-29-24-28(32(2,3)4)35-37(29)27-20-18-17-19-26(27)33/h17-20,24H,6-16,21-23,25H2,1-5H3,(H,34,38). The Bertz CT molecular complexity index is 1030. The highest BCUT2D eigenvalue weighted by Crippen LogP contribution is 2.29. The van der Waals surface area contributed by atoms with Crippen LogP contribution in [0.4, 0.5) is 5.82 Å². The quantitative estimate of drug-likeness (QED) is 0.173. The minimum Gasteiger partial charge on any atom is -0.383 e. The number of carbonyl (C=O) groups excluding carboxylic acids is 2. The van der Waals surface area contributed by atoms with Gasteiger partial charge in [0.1, 0.15) is 5.82 Å². The number of unbranched alkanes of at least 4 members (excludes halogenated alkanes) is 10. The molecule has 40 heavy (non-hydrogen) atoms. The van der Waals surface area contributed by atoms with E-state index in [1.165, 1.54) is 51.4 Å². The van der Waals surface area contributed by atoms with Gasteiger partial charge in [0.25, 0.3) is 0 Å². The maximum Gasteiger partial charge on any atom is 0.245 e. The second kappa shape index (κ2) is 18.1. The second-order valence-corrected chi connectivity index (χ2v) is 12.1. The molecular weight excluding hydrogens is 524 g/mol. The van der Waals surface area contributed by atoms with Crippen LogP contribution in [0.25, 0.3) is 5.69 Å². The molecule has 0 atom stereocenters. The van der Waals surface area contributed by atoms with Crippen LogP contribution in [0.1, 0.15) is 110 Å². The number of hydrogen-bond acceptors (Lipinski definition) is 4. The van der Waals surface area contributed by atoms with Gasteiger partial charge in [-0.2, -0.15) is 5.10 Å². The highest BCUT2D eigenvalue weighted by Gasteiger charge is 2.23. The number of nitrogens with zero attached hydrogens (tertiary/aromatic N) is 3. The summed E-state index contributed by atoms with van der Waals surface area (Å²) in [5, 5.41) is 8.24. The minimum absolute atomic E-state index is 0.0156. The Labute approximate surface area is 247 Å². The van der Waals surface area contributed by atoms with Crippen LogP contribution < -0.4 is 5.32 Å². The molecule has 0 radical (unpaired) electrons. The Morgan fingerprint density at radius 1 is 0.975 bits per heavy atom. The number of halogens is 1. The molecule has 0 unspecified atom stereocenters. The third kappa shape index (κ3) is 12.0. The van der Waals surface area contributed by atoms with E-state index in [1.54, 1.807) is 22.8 Å². The van der Waals surface area contributed by atoms with Crippen molar-refractivity contribution in [2.24, 2.45) is 0 Å². The number of methoxy groups -OCH3 is 1. The topological polar surface area (TPSA) is 76.5 Å². The summed E-state index contributed by atoms with van der Waals surface area (Å²) >= 11 is 6.45. The van der Waals surface area contributed by atoms with Gasteiger partial charge in [-0.15, -0.1) is 0 Å². The summed E-state index contributed by atoms with van der Waals surface area (Å²) in [4.78, 5) is 27.8. The second-order valence-electron chi connectivity index (χ2n) is 11.7. The van der Waals surface area contributed by atoms with E-state index in [9.17, 15) is 9.59 Å². The molecule has 1 N–H and O–H groups in total. The van der Waals surface area contributed by atoms with E-state index in [0.29, 0.717) is 36.1 Å². The molecule has 0 aliphatic carbocycles. The van der Waals surface area contributed by atoms with Gasteiger partial charge >= 0.3 is 0 Å². The first-order valence-corrected chi connectivity index (χ1v) is 15.5. The first-order chi connectivity index (χ1) is 19.2. The number of para-hydroxylation sites is 1. The largest absolute Gasteiger partial charge is 0.383 e. The average molecular weight is 575 g/mol. The average Bonchev–Trinajstić information content (AvgIpc) is 3.33.